The Labute approximate surface area is 209 Å². The summed E-state index contributed by atoms with van der Waals surface area (Å²) in [5.74, 6) is 0.476. The van der Waals surface area contributed by atoms with Crippen LogP contribution in [0.15, 0.2) is 72.8 Å². The van der Waals surface area contributed by atoms with Gasteiger partial charge in [-0.3, -0.25) is 4.90 Å². The van der Waals surface area contributed by atoms with E-state index in [1.165, 1.54) is 7.11 Å². The summed E-state index contributed by atoms with van der Waals surface area (Å²) in [7, 11) is 1.54. The van der Waals surface area contributed by atoms with Crippen LogP contribution in [-0.2, 0) is 6.61 Å². The van der Waals surface area contributed by atoms with Crippen molar-refractivity contribution < 1.29 is 19.4 Å². The van der Waals surface area contributed by atoms with Crippen LogP contribution in [0.25, 0.3) is 0 Å². The Morgan fingerprint density at radius 2 is 1.54 bits per heavy atom. The Hall–Kier alpha value is -3.15. The molecule has 0 spiro atoms. The number of para-hydroxylation sites is 1. The van der Waals surface area contributed by atoms with Crippen molar-refractivity contribution in [2.45, 2.75) is 58.7 Å². The highest BCUT2D eigenvalue weighted by molar-refractivity contribution is 5.94. The quantitative estimate of drug-likeness (QED) is 0.270. The van der Waals surface area contributed by atoms with E-state index in [4.69, 9.17) is 9.47 Å². The van der Waals surface area contributed by atoms with Gasteiger partial charge < -0.3 is 14.6 Å². The maximum Gasteiger partial charge on any atom is 0.347 e. The van der Waals surface area contributed by atoms with Gasteiger partial charge in [-0.1, -0.05) is 48.5 Å². The number of carbonyl (C=O) groups is 1. The zero-order valence-corrected chi connectivity index (χ0v) is 21.4. The van der Waals surface area contributed by atoms with Crippen molar-refractivity contribution in [3.63, 3.8) is 0 Å². The number of esters is 1. The summed E-state index contributed by atoms with van der Waals surface area (Å²) in [6.45, 7) is 9.65. The van der Waals surface area contributed by atoms with Crippen molar-refractivity contribution >= 4 is 5.97 Å². The number of methoxy groups -OCH3 is 1. The number of rotatable bonds is 11. The third-order valence-electron chi connectivity index (χ3n) is 6.37. The van der Waals surface area contributed by atoms with Gasteiger partial charge in [0.05, 0.1) is 13.7 Å². The zero-order valence-electron chi connectivity index (χ0n) is 21.4. The van der Waals surface area contributed by atoms with Gasteiger partial charge in [0.2, 0.25) is 0 Å². The Balaban J connectivity index is 2.02. The van der Waals surface area contributed by atoms with E-state index in [0.29, 0.717) is 29.1 Å². The lowest BCUT2D eigenvalue weighted by Crippen LogP contribution is -2.38. The van der Waals surface area contributed by atoms with Crippen LogP contribution in [0.4, 0.5) is 0 Å². The zero-order chi connectivity index (χ0) is 25.4. The van der Waals surface area contributed by atoms with Crippen LogP contribution in [0.3, 0.4) is 0 Å². The lowest BCUT2D eigenvalue weighted by atomic mass is 9.86. The molecule has 0 bridgehead atoms. The Kier molecular flexibility index (Phi) is 9.47. The first-order valence-corrected chi connectivity index (χ1v) is 12.2. The van der Waals surface area contributed by atoms with Gasteiger partial charge in [0.15, 0.2) is 0 Å². The minimum Gasteiger partial charge on any atom is -0.496 e. The molecule has 3 aromatic rings. The molecule has 0 heterocycles. The van der Waals surface area contributed by atoms with Crippen LogP contribution in [0.2, 0.25) is 0 Å². The van der Waals surface area contributed by atoms with E-state index in [9.17, 15) is 9.90 Å². The molecule has 0 radical (unpaired) electrons. The van der Waals surface area contributed by atoms with E-state index < -0.39 is 5.97 Å². The fraction of sp³-hybridized carbons (Fsp3) is 0.367. The Morgan fingerprint density at radius 1 is 0.886 bits per heavy atom. The average molecular weight is 476 g/mol. The van der Waals surface area contributed by atoms with E-state index in [1.54, 1.807) is 30.3 Å². The number of carbonyl (C=O) groups excluding carboxylic acids is 1. The molecule has 0 aliphatic rings. The van der Waals surface area contributed by atoms with Crippen molar-refractivity contribution in [1.29, 1.82) is 0 Å². The van der Waals surface area contributed by atoms with Crippen LogP contribution in [0.5, 0.6) is 11.5 Å². The number of benzene rings is 3. The van der Waals surface area contributed by atoms with Crippen molar-refractivity contribution in [3.05, 3.63) is 95.1 Å². The molecule has 0 aromatic heterocycles. The van der Waals surface area contributed by atoms with Crippen LogP contribution in [-0.4, -0.2) is 41.7 Å². The first kappa shape index (κ1) is 26.5. The maximum atomic E-state index is 13.1. The van der Waals surface area contributed by atoms with Gasteiger partial charge >= 0.3 is 5.97 Å². The van der Waals surface area contributed by atoms with Gasteiger partial charge in [-0.05, 0) is 76.1 Å². The number of ether oxygens (including phenoxy) is 2. The van der Waals surface area contributed by atoms with Gasteiger partial charge in [-0.2, -0.15) is 0 Å². The molecular weight excluding hydrogens is 438 g/mol. The fourth-order valence-electron chi connectivity index (χ4n) is 4.61. The summed E-state index contributed by atoms with van der Waals surface area (Å²) in [4.78, 5) is 15.6. The molecule has 1 atom stereocenters. The first-order valence-electron chi connectivity index (χ1n) is 12.2. The van der Waals surface area contributed by atoms with E-state index in [-0.39, 0.29) is 12.5 Å². The first-order chi connectivity index (χ1) is 16.8. The molecule has 0 saturated carbocycles. The van der Waals surface area contributed by atoms with Crippen molar-refractivity contribution in [1.82, 2.24) is 4.90 Å². The molecule has 0 aliphatic heterocycles. The molecule has 3 aromatic carbocycles. The van der Waals surface area contributed by atoms with Gasteiger partial charge in [-0.15, -0.1) is 0 Å². The molecule has 0 aliphatic carbocycles. The second kappa shape index (κ2) is 12.5. The van der Waals surface area contributed by atoms with Gasteiger partial charge in [0.25, 0.3) is 0 Å². The van der Waals surface area contributed by atoms with E-state index in [0.717, 1.165) is 29.7 Å². The van der Waals surface area contributed by atoms with Gasteiger partial charge in [0, 0.05) is 23.6 Å². The molecule has 0 saturated heterocycles. The monoisotopic (exact) mass is 475 g/mol. The van der Waals surface area contributed by atoms with Crippen LogP contribution < -0.4 is 9.47 Å². The van der Waals surface area contributed by atoms with Crippen LogP contribution in [0.1, 0.15) is 67.1 Å². The maximum absolute atomic E-state index is 13.1. The standard InChI is InChI=1S/C30H37NO4/c1-21(2)31(22(3)4)18-17-25(24-11-7-6-8-12-24)27-19-23(20-32)15-16-29(27)35-30(33)26-13-9-10-14-28(26)34-5/h6-16,19,21-22,25,32H,17-18,20H2,1-5H3. The minimum atomic E-state index is -0.474. The number of hydrogen-bond acceptors (Lipinski definition) is 5. The predicted octanol–water partition coefficient (Wildman–Crippen LogP) is 6.05. The molecule has 186 valence electrons. The van der Waals surface area contributed by atoms with Gasteiger partial charge in [0.1, 0.15) is 17.1 Å². The molecule has 1 N–H and O–H groups in total. The summed E-state index contributed by atoms with van der Waals surface area (Å²) < 4.78 is 11.3. The second-order valence-corrected chi connectivity index (χ2v) is 9.30. The van der Waals surface area contributed by atoms with Crippen LogP contribution >= 0.6 is 0 Å². The van der Waals surface area contributed by atoms with E-state index >= 15 is 0 Å². The van der Waals surface area contributed by atoms with Crippen molar-refractivity contribution in [2.24, 2.45) is 0 Å². The molecule has 1 unspecified atom stereocenters. The third-order valence-corrected chi connectivity index (χ3v) is 6.37. The van der Waals surface area contributed by atoms with E-state index in [1.807, 2.05) is 30.3 Å². The topological polar surface area (TPSA) is 59.0 Å². The molecule has 0 amide bonds. The Bertz CT molecular complexity index is 1090. The Morgan fingerprint density at radius 3 is 2.17 bits per heavy atom. The normalized spacial score (nSPS) is 12.3. The summed E-state index contributed by atoms with van der Waals surface area (Å²) in [5.41, 5.74) is 3.18. The van der Waals surface area contributed by atoms with Gasteiger partial charge in [-0.25, -0.2) is 4.79 Å². The SMILES string of the molecule is COc1ccccc1C(=O)Oc1ccc(CO)cc1C(CCN(C(C)C)C(C)C)c1ccccc1. The molecule has 5 heteroatoms. The molecule has 0 fully saturated rings. The van der Waals surface area contributed by atoms with Crippen LogP contribution in [0, 0.1) is 0 Å². The predicted molar refractivity (Wildman–Crippen MR) is 140 cm³/mol. The smallest absolute Gasteiger partial charge is 0.347 e. The fourth-order valence-corrected chi connectivity index (χ4v) is 4.61. The number of aliphatic hydroxyl groups excluding tert-OH is 1. The highest BCUT2D eigenvalue weighted by atomic mass is 16.5. The highest BCUT2D eigenvalue weighted by Gasteiger charge is 2.24. The summed E-state index contributed by atoms with van der Waals surface area (Å²) in [6.07, 6.45) is 0.842. The molecular formula is C30H37NO4. The molecule has 35 heavy (non-hydrogen) atoms. The summed E-state index contributed by atoms with van der Waals surface area (Å²) >= 11 is 0. The molecule has 5 nitrogen and oxygen atoms in total. The summed E-state index contributed by atoms with van der Waals surface area (Å²) in [5, 5.41) is 9.86. The lowest BCUT2D eigenvalue weighted by Gasteiger charge is -2.32. The third kappa shape index (κ3) is 6.71. The lowest BCUT2D eigenvalue weighted by molar-refractivity contribution is 0.0729. The number of hydrogen-bond donors (Lipinski definition) is 1. The van der Waals surface area contributed by atoms with E-state index in [2.05, 4.69) is 44.7 Å². The molecule has 3 rings (SSSR count). The summed E-state index contributed by atoms with van der Waals surface area (Å²) in [6, 6.07) is 23.7. The second-order valence-electron chi connectivity index (χ2n) is 9.30. The largest absolute Gasteiger partial charge is 0.496 e. The average Bonchev–Trinajstić information content (AvgIpc) is 2.87. The van der Waals surface area contributed by atoms with Crippen molar-refractivity contribution in [2.75, 3.05) is 13.7 Å². The minimum absolute atomic E-state index is 0.0110. The highest BCUT2D eigenvalue weighted by Crippen LogP contribution is 2.36. The number of nitrogens with zero attached hydrogens (tertiary/aromatic N) is 1. The van der Waals surface area contributed by atoms with Crippen molar-refractivity contribution in [3.8, 4) is 11.5 Å². The number of aliphatic hydroxyl groups is 1.